The van der Waals surface area contributed by atoms with E-state index in [2.05, 4.69) is 390 Å². The van der Waals surface area contributed by atoms with Crippen LogP contribution < -0.4 is 4.90 Å². The summed E-state index contributed by atoms with van der Waals surface area (Å²) in [5.74, 6) is 0.315. The van der Waals surface area contributed by atoms with E-state index in [1.54, 1.807) is 0 Å². The van der Waals surface area contributed by atoms with Crippen molar-refractivity contribution in [3.05, 3.63) is 404 Å². The number of aryl methyl sites for hydroxylation is 1. The van der Waals surface area contributed by atoms with Crippen LogP contribution in [0.4, 0.5) is 11.4 Å². The third kappa shape index (κ3) is 10.0. The second-order valence-electron chi connectivity index (χ2n) is 30.0. The Morgan fingerprint density at radius 2 is 0.809 bits per heavy atom. The molecule has 2 aliphatic carbocycles. The Hall–Kier alpha value is -13.2. The van der Waals surface area contributed by atoms with Crippen molar-refractivity contribution >= 4 is 124 Å². The number of thiophene rings is 2. The van der Waals surface area contributed by atoms with Gasteiger partial charge in [0.2, 0.25) is 0 Å². The summed E-state index contributed by atoms with van der Waals surface area (Å²) in [6, 6.07) is 135. The molecular formula is C105H69N3S2. The molecule has 110 heavy (non-hydrogen) atoms. The molecule has 20 aromatic rings. The molecule has 0 saturated heterocycles. The summed E-state index contributed by atoms with van der Waals surface area (Å²) >= 11 is 3.82. The Kier molecular flexibility index (Phi) is 14.4. The highest BCUT2D eigenvalue weighted by Gasteiger charge is 2.39. The second-order valence-corrected chi connectivity index (χ2v) is 32.1. The third-order valence-electron chi connectivity index (χ3n) is 24.1. The van der Waals surface area contributed by atoms with Gasteiger partial charge in [-0.15, -0.1) is 22.7 Å². The van der Waals surface area contributed by atoms with E-state index in [1.165, 1.54) is 195 Å². The number of hydrogen-bond donors (Lipinski definition) is 0. The number of anilines is 2. The lowest BCUT2D eigenvalue weighted by molar-refractivity contribution is 0.727. The maximum absolute atomic E-state index is 2.57. The first-order chi connectivity index (χ1) is 54.5. The van der Waals surface area contributed by atoms with E-state index in [-0.39, 0.29) is 17.9 Å². The fourth-order valence-corrected chi connectivity index (χ4v) is 21.4. The first-order valence-corrected chi connectivity index (χ1v) is 40.1. The summed E-state index contributed by atoms with van der Waals surface area (Å²) in [5, 5.41) is 10.2. The molecule has 3 nitrogen and oxygen atoms in total. The molecule has 4 aromatic heterocycles. The number of hydrogen-bond acceptors (Lipinski definition) is 3. The monoisotopic (exact) mass is 1440 g/mol. The van der Waals surface area contributed by atoms with Gasteiger partial charge in [-0.2, -0.15) is 0 Å². The zero-order valence-corrected chi connectivity index (χ0v) is 61.7. The normalized spacial score (nSPS) is 15.3. The minimum absolute atomic E-state index is 0.111. The van der Waals surface area contributed by atoms with E-state index in [1.807, 2.05) is 22.7 Å². The maximum Gasteiger partial charge on any atom is 0.0630 e. The molecule has 5 heteroatoms. The Bertz CT molecular complexity index is 7230. The van der Waals surface area contributed by atoms with E-state index >= 15 is 0 Å². The summed E-state index contributed by atoms with van der Waals surface area (Å²) < 4.78 is 10.1. The van der Waals surface area contributed by atoms with Gasteiger partial charge in [-0.1, -0.05) is 261 Å². The lowest BCUT2D eigenvalue weighted by Gasteiger charge is -2.29. The Morgan fingerprint density at radius 3 is 1.52 bits per heavy atom. The van der Waals surface area contributed by atoms with Crippen LogP contribution in [0.15, 0.2) is 376 Å². The van der Waals surface area contributed by atoms with Crippen molar-refractivity contribution in [1.82, 2.24) is 9.13 Å². The summed E-state index contributed by atoms with van der Waals surface area (Å²) in [4.78, 5) is 2.53. The molecule has 0 saturated carbocycles. The lowest BCUT2D eigenvalue weighted by atomic mass is 9.82. The Morgan fingerprint density at radius 1 is 0.291 bits per heavy atom. The average Bonchev–Trinajstić information content (AvgIpc) is 1.56. The quantitative estimate of drug-likeness (QED) is 0.133. The summed E-state index contributed by atoms with van der Waals surface area (Å²) in [5.41, 5.74) is 32.5. The topological polar surface area (TPSA) is 13.1 Å². The highest BCUT2D eigenvalue weighted by atomic mass is 32.1. The van der Waals surface area contributed by atoms with Crippen LogP contribution in [0.25, 0.3) is 168 Å². The minimum atomic E-state index is 0.111. The Labute approximate surface area is 645 Å². The fourth-order valence-electron chi connectivity index (χ4n) is 19.0. The van der Waals surface area contributed by atoms with Crippen LogP contribution in [0.3, 0.4) is 0 Å². The van der Waals surface area contributed by atoms with Crippen LogP contribution in [0.5, 0.6) is 0 Å². The van der Waals surface area contributed by atoms with Gasteiger partial charge in [-0.25, -0.2) is 0 Å². The van der Waals surface area contributed by atoms with E-state index in [0.29, 0.717) is 0 Å². The van der Waals surface area contributed by atoms with Gasteiger partial charge in [-0.05, 0) is 217 Å². The molecule has 5 heterocycles. The zero-order valence-electron chi connectivity index (χ0n) is 60.1. The molecule has 516 valence electrons. The predicted molar refractivity (Wildman–Crippen MR) is 469 cm³/mol. The highest BCUT2D eigenvalue weighted by Crippen LogP contribution is 2.53. The summed E-state index contributed by atoms with van der Waals surface area (Å²) in [6.07, 6.45) is 9.32. The first kappa shape index (κ1) is 63.0. The smallest absolute Gasteiger partial charge is 0.0630 e. The fraction of sp³-hybridized carbons (Fsp3) is 0.0476. The molecule has 16 aromatic carbocycles. The molecule has 3 atom stereocenters. The lowest BCUT2D eigenvalue weighted by Crippen LogP contribution is -2.28. The van der Waals surface area contributed by atoms with Crippen molar-refractivity contribution in [2.45, 2.75) is 30.7 Å². The molecule has 3 unspecified atom stereocenters. The van der Waals surface area contributed by atoms with E-state index < -0.39 is 0 Å². The second kappa shape index (κ2) is 25.2. The Balaban J connectivity index is 0.659. The van der Waals surface area contributed by atoms with Crippen LogP contribution in [0.2, 0.25) is 0 Å². The van der Waals surface area contributed by atoms with Crippen LogP contribution in [-0.2, 0) is 6.42 Å². The van der Waals surface area contributed by atoms with Crippen LogP contribution in [0.1, 0.15) is 46.1 Å². The van der Waals surface area contributed by atoms with E-state index in [0.717, 1.165) is 24.2 Å². The van der Waals surface area contributed by atoms with Gasteiger partial charge in [0.25, 0.3) is 0 Å². The SMILES string of the molecule is C1=CC2C(C=C1c1ccc3c(c1)-c1cc(-c4ccc(-c5cc(-n6c7ccccc7c7cc(-c8ccc9c(c8)c8ccccc8n9-c8ccccc8)ccc76)cc6c5sc5ccccc56)cc4)ccc1C(c1cc(-c4ccccc4-c4ccccc4)c4sc5ccccc5c4c1)CC3)c1ccccc1N2c1ccccc1. The predicted octanol–water partition coefficient (Wildman–Crippen LogP) is 29.0. The van der Waals surface area contributed by atoms with E-state index in [4.69, 9.17) is 0 Å². The van der Waals surface area contributed by atoms with Gasteiger partial charge in [0, 0.05) is 108 Å². The standard InChI is InChI=1S/C105H69N3S2/c1-4-22-66(23-5-1)78-28-10-11-29-80(78)93-61-74(62-94-85-33-15-20-38-102(85)110-105(93)94)79-51-46-67-44-45-70(71-48-53-99-90(58-71)82-30-12-17-35-96(82)106(99)75-24-6-2-7-25-75)56-87(67)89-57-69(47-52-81(79)89)65-40-42-68(43-41-65)88-63-77(64-95-86-34-16-21-39-103(86)109-104(88)95)108-98-37-19-14-32-84(98)92-60-73(50-55-101(92)108)72-49-54-100-91(59-72)83-31-13-18-36-97(83)107(100)76-26-8-3-9-27-76/h1-45,47-50,52-64,79,90,99H,46,51H2. The molecule has 0 radical (unpaired) electrons. The number of rotatable bonds is 10. The van der Waals surface area contributed by atoms with Gasteiger partial charge in [-0.3, -0.25) is 0 Å². The highest BCUT2D eigenvalue weighted by molar-refractivity contribution is 7.26. The van der Waals surface area contributed by atoms with Gasteiger partial charge in [0.15, 0.2) is 0 Å². The van der Waals surface area contributed by atoms with Crippen molar-refractivity contribution in [2.24, 2.45) is 0 Å². The summed E-state index contributed by atoms with van der Waals surface area (Å²) in [6.45, 7) is 0. The number of aromatic nitrogens is 2. The number of allylic oxidation sites excluding steroid dienone is 2. The van der Waals surface area contributed by atoms with Crippen molar-refractivity contribution in [3.8, 4) is 78.1 Å². The molecule has 0 fully saturated rings. The van der Waals surface area contributed by atoms with Gasteiger partial charge in [0.05, 0.1) is 28.1 Å². The number of nitrogens with zero attached hydrogens (tertiary/aromatic N) is 3. The minimum Gasteiger partial charge on any atom is -0.333 e. The van der Waals surface area contributed by atoms with Crippen molar-refractivity contribution in [2.75, 3.05) is 4.90 Å². The molecule has 0 bridgehead atoms. The number of para-hydroxylation sites is 5. The molecule has 3 aliphatic rings. The molecule has 0 amide bonds. The number of fused-ring (bicyclic) bond motifs is 18. The van der Waals surface area contributed by atoms with Gasteiger partial charge >= 0.3 is 0 Å². The van der Waals surface area contributed by atoms with Gasteiger partial charge < -0.3 is 14.0 Å². The van der Waals surface area contributed by atoms with Crippen molar-refractivity contribution in [1.29, 1.82) is 0 Å². The van der Waals surface area contributed by atoms with Crippen molar-refractivity contribution < 1.29 is 0 Å². The van der Waals surface area contributed by atoms with Crippen LogP contribution >= 0.6 is 22.7 Å². The van der Waals surface area contributed by atoms with E-state index in [9.17, 15) is 0 Å². The van der Waals surface area contributed by atoms with Crippen LogP contribution in [-0.4, -0.2) is 15.2 Å². The molecular weight excluding hydrogens is 1370 g/mol. The largest absolute Gasteiger partial charge is 0.333 e. The molecule has 23 rings (SSSR count). The van der Waals surface area contributed by atoms with Gasteiger partial charge in [0.1, 0.15) is 0 Å². The third-order valence-corrected chi connectivity index (χ3v) is 26.5. The average molecular weight is 1440 g/mol. The zero-order chi connectivity index (χ0) is 72.1. The number of benzene rings is 16. The molecule has 0 N–H and O–H groups in total. The van der Waals surface area contributed by atoms with Crippen molar-refractivity contribution in [3.63, 3.8) is 0 Å². The first-order valence-electron chi connectivity index (χ1n) is 38.4. The summed E-state index contributed by atoms with van der Waals surface area (Å²) in [7, 11) is 0. The maximum atomic E-state index is 2.57. The molecule has 1 aliphatic heterocycles. The molecule has 0 spiro atoms. The van der Waals surface area contributed by atoms with Crippen LogP contribution in [0, 0.1) is 0 Å².